The summed E-state index contributed by atoms with van der Waals surface area (Å²) < 4.78 is 40.5. The minimum absolute atomic E-state index is 0.0253. The standard InChI is InChI=1S/C29H24ClFN8O3S/c1-17(37-27-22(26(32)34-16-35-27)12-11-20-10-9-19(31)15-33-20)28-38-24-8-4-7-23(30)25(24)29(40)39(28)21-6-3-5-18(13-21)14-36-43(2,41)42/h3-10,13,15-17,36H,14H2,1-2H3,(H3,32,34,35,37). The molecule has 4 N–H and O–H groups in total. The van der Waals surface area contributed by atoms with E-state index in [2.05, 4.69) is 36.8 Å². The van der Waals surface area contributed by atoms with E-state index in [-0.39, 0.29) is 34.2 Å². The summed E-state index contributed by atoms with van der Waals surface area (Å²) in [7, 11) is -3.44. The lowest BCUT2D eigenvalue weighted by Gasteiger charge is -2.21. The highest BCUT2D eigenvalue weighted by molar-refractivity contribution is 7.88. The first kappa shape index (κ1) is 29.6. The van der Waals surface area contributed by atoms with Crippen LogP contribution in [-0.2, 0) is 16.6 Å². The maximum atomic E-state index is 14.0. The topological polar surface area (TPSA) is 158 Å². The number of pyridine rings is 1. The molecule has 5 rings (SSSR count). The first-order chi connectivity index (χ1) is 20.5. The van der Waals surface area contributed by atoms with Crippen molar-refractivity contribution in [3.63, 3.8) is 0 Å². The van der Waals surface area contributed by atoms with Crippen LogP contribution in [0.3, 0.4) is 0 Å². The molecule has 5 aromatic rings. The van der Waals surface area contributed by atoms with Crippen LogP contribution < -0.4 is 21.3 Å². The fourth-order valence-electron chi connectivity index (χ4n) is 4.24. The van der Waals surface area contributed by atoms with E-state index < -0.39 is 27.4 Å². The van der Waals surface area contributed by atoms with Gasteiger partial charge in [-0.05, 0) is 54.8 Å². The highest BCUT2D eigenvalue weighted by Crippen LogP contribution is 2.26. The van der Waals surface area contributed by atoms with Crippen LogP contribution in [0.15, 0.2) is 71.9 Å². The third kappa shape index (κ3) is 6.78. The van der Waals surface area contributed by atoms with Crippen molar-refractivity contribution in [2.75, 3.05) is 17.3 Å². The van der Waals surface area contributed by atoms with Crippen LogP contribution in [0.1, 0.15) is 35.6 Å². The van der Waals surface area contributed by atoms with Gasteiger partial charge in [0.1, 0.15) is 40.9 Å². The lowest BCUT2D eigenvalue weighted by Crippen LogP contribution is -2.28. The third-order valence-corrected chi connectivity index (χ3v) is 7.22. The van der Waals surface area contributed by atoms with Gasteiger partial charge in [-0.3, -0.25) is 9.36 Å². The zero-order valence-electron chi connectivity index (χ0n) is 22.8. The molecule has 1 atom stereocenters. The van der Waals surface area contributed by atoms with E-state index in [4.69, 9.17) is 22.3 Å². The molecule has 0 fully saturated rings. The summed E-state index contributed by atoms with van der Waals surface area (Å²) in [5, 5.41) is 3.69. The molecule has 0 aliphatic carbocycles. The second kappa shape index (κ2) is 12.1. The summed E-state index contributed by atoms with van der Waals surface area (Å²) in [6, 6.07) is 13.9. The van der Waals surface area contributed by atoms with E-state index in [0.717, 1.165) is 12.5 Å². The lowest BCUT2D eigenvalue weighted by molar-refractivity contribution is 0.587. The van der Waals surface area contributed by atoms with Gasteiger partial charge in [-0.15, -0.1) is 0 Å². The molecule has 2 aromatic carbocycles. The molecule has 0 spiro atoms. The molecule has 1 unspecified atom stereocenters. The van der Waals surface area contributed by atoms with Crippen molar-refractivity contribution in [2.45, 2.75) is 19.5 Å². The van der Waals surface area contributed by atoms with Crippen LogP contribution >= 0.6 is 11.6 Å². The maximum absolute atomic E-state index is 14.0. The van der Waals surface area contributed by atoms with Crippen LogP contribution in [0, 0.1) is 17.7 Å². The molecular weight excluding hydrogens is 595 g/mol. The Labute approximate surface area is 251 Å². The number of nitrogens with one attached hydrogen (secondary N) is 2. The maximum Gasteiger partial charge on any atom is 0.267 e. The first-order valence-electron chi connectivity index (χ1n) is 12.8. The molecule has 0 radical (unpaired) electrons. The van der Waals surface area contributed by atoms with Gasteiger partial charge in [0.05, 0.1) is 40.1 Å². The molecule has 218 valence electrons. The fourth-order valence-corrected chi connectivity index (χ4v) is 4.92. The normalized spacial score (nSPS) is 12.0. The molecule has 3 heterocycles. The van der Waals surface area contributed by atoms with Crippen molar-refractivity contribution in [2.24, 2.45) is 0 Å². The summed E-state index contributed by atoms with van der Waals surface area (Å²) in [6.07, 6.45) is 3.39. The Balaban J connectivity index is 1.60. The number of hydrogen-bond acceptors (Lipinski definition) is 9. The molecular formula is C29H24ClFN8O3S. The smallest absolute Gasteiger partial charge is 0.267 e. The monoisotopic (exact) mass is 618 g/mol. The van der Waals surface area contributed by atoms with Crippen LogP contribution in [0.4, 0.5) is 16.0 Å². The van der Waals surface area contributed by atoms with Crippen molar-refractivity contribution in [3.05, 3.63) is 111 Å². The highest BCUT2D eigenvalue weighted by atomic mass is 35.5. The third-order valence-electron chi connectivity index (χ3n) is 6.24. The number of aromatic nitrogens is 5. The van der Waals surface area contributed by atoms with Crippen LogP contribution in [0.2, 0.25) is 5.02 Å². The molecule has 0 saturated heterocycles. The van der Waals surface area contributed by atoms with E-state index in [0.29, 0.717) is 28.3 Å². The Morgan fingerprint density at radius 2 is 1.88 bits per heavy atom. The van der Waals surface area contributed by atoms with Crippen LogP contribution in [0.5, 0.6) is 0 Å². The predicted molar refractivity (Wildman–Crippen MR) is 163 cm³/mol. The second-order valence-corrected chi connectivity index (χ2v) is 11.7. The van der Waals surface area contributed by atoms with Gasteiger partial charge in [0, 0.05) is 6.54 Å². The minimum atomic E-state index is -3.44. The van der Waals surface area contributed by atoms with Gasteiger partial charge in [-0.2, -0.15) is 0 Å². The number of hydrogen-bond donors (Lipinski definition) is 3. The Morgan fingerprint density at radius 1 is 1.09 bits per heavy atom. The molecule has 11 nitrogen and oxygen atoms in total. The SMILES string of the molecule is CC(Nc1ncnc(N)c1C#Cc1ccc(F)cn1)c1nc2cccc(Cl)c2c(=O)n1-c1cccc(CNS(C)(=O)=O)c1. The number of fused-ring (bicyclic) bond motifs is 1. The summed E-state index contributed by atoms with van der Waals surface area (Å²) in [6.45, 7) is 1.80. The van der Waals surface area contributed by atoms with Gasteiger partial charge >= 0.3 is 0 Å². The molecule has 0 aliphatic heterocycles. The number of nitrogens with two attached hydrogens (primary N) is 1. The quantitative estimate of drug-likeness (QED) is 0.232. The van der Waals surface area contributed by atoms with Crippen molar-refractivity contribution in [1.29, 1.82) is 0 Å². The predicted octanol–water partition coefficient (Wildman–Crippen LogP) is 3.57. The minimum Gasteiger partial charge on any atom is -0.382 e. The summed E-state index contributed by atoms with van der Waals surface area (Å²) in [4.78, 5) is 31.0. The molecule has 0 aliphatic rings. The number of rotatable bonds is 7. The average Bonchev–Trinajstić information content (AvgIpc) is 2.96. The first-order valence-corrected chi connectivity index (χ1v) is 15.0. The highest BCUT2D eigenvalue weighted by Gasteiger charge is 2.21. The molecule has 43 heavy (non-hydrogen) atoms. The van der Waals surface area contributed by atoms with Crippen LogP contribution in [0.25, 0.3) is 16.6 Å². The van der Waals surface area contributed by atoms with Gasteiger partial charge in [0.15, 0.2) is 0 Å². The van der Waals surface area contributed by atoms with E-state index in [1.54, 1.807) is 49.4 Å². The van der Waals surface area contributed by atoms with Gasteiger partial charge in [-0.25, -0.2) is 37.5 Å². The number of sulfonamides is 1. The Kier molecular flexibility index (Phi) is 8.36. The number of anilines is 2. The number of halogens is 2. The Hall–Kier alpha value is -4.90. The van der Waals surface area contributed by atoms with E-state index >= 15 is 0 Å². The zero-order chi connectivity index (χ0) is 30.7. The average molecular weight is 619 g/mol. The number of nitrogens with zero attached hydrogens (tertiary/aromatic N) is 5. The Morgan fingerprint density at radius 3 is 2.63 bits per heavy atom. The number of benzene rings is 2. The molecule has 0 amide bonds. The van der Waals surface area contributed by atoms with Crippen molar-refractivity contribution >= 4 is 44.2 Å². The fraction of sp³-hybridized carbons (Fsp3) is 0.138. The van der Waals surface area contributed by atoms with Crippen molar-refractivity contribution in [3.8, 4) is 17.5 Å². The molecule has 0 bridgehead atoms. The number of nitrogen functional groups attached to an aromatic ring is 1. The molecule has 0 saturated carbocycles. The summed E-state index contributed by atoms with van der Waals surface area (Å²) >= 11 is 6.43. The van der Waals surface area contributed by atoms with Crippen molar-refractivity contribution < 1.29 is 12.8 Å². The summed E-state index contributed by atoms with van der Waals surface area (Å²) in [5.74, 6) is 5.91. The van der Waals surface area contributed by atoms with Gasteiger partial charge in [-0.1, -0.05) is 35.7 Å². The molecule has 14 heteroatoms. The Bertz CT molecular complexity index is 2080. The van der Waals surface area contributed by atoms with Gasteiger partial charge < -0.3 is 11.1 Å². The van der Waals surface area contributed by atoms with Crippen LogP contribution in [-0.4, -0.2) is 39.2 Å². The van der Waals surface area contributed by atoms with E-state index in [1.807, 2.05) is 0 Å². The molecule has 3 aromatic heterocycles. The van der Waals surface area contributed by atoms with E-state index in [1.165, 1.54) is 23.0 Å². The van der Waals surface area contributed by atoms with Gasteiger partial charge in [0.2, 0.25) is 10.0 Å². The largest absolute Gasteiger partial charge is 0.382 e. The second-order valence-electron chi connectivity index (χ2n) is 9.47. The van der Waals surface area contributed by atoms with Crippen molar-refractivity contribution in [1.82, 2.24) is 29.2 Å². The lowest BCUT2D eigenvalue weighted by atomic mass is 10.1. The van der Waals surface area contributed by atoms with Gasteiger partial charge in [0.25, 0.3) is 5.56 Å². The van der Waals surface area contributed by atoms with E-state index in [9.17, 15) is 17.6 Å². The summed E-state index contributed by atoms with van der Waals surface area (Å²) in [5.41, 5.74) is 7.75. The zero-order valence-corrected chi connectivity index (χ0v) is 24.4.